The molecule has 0 unspecified atom stereocenters. The summed E-state index contributed by atoms with van der Waals surface area (Å²) in [5.41, 5.74) is 8.14. The highest BCUT2D eigenvalue weighted by Crippen LogP contribution is 2.36. The van der Waals surface area contributed by atoms with E-state index < -0.39 is 6.09 Å². The molecular weight excluding hydrogens is 743 g/mol. The van der Waals surface area contributed by atoms with Gasteiger partial charge in [0.1, 0.15) is 5.75 Å². The number of carbonyl (C=O) groups excluding carboxylic acids is 3. The van der Waals surface area contributed by atoms with E-state index in [-0.39, 0.29) is 17.9 Å². The van der Waals surface area contributed by atoms with Crippen molar-refractivity contribution in [2.75, 3.05) is 66.2 Å². The third-order valence-corrected chi connectivity index (χ3v) is 12.2. The number of ether oxygens (including phenoxy) is 3. The van der Waals surface area contributed by atoms with Crippen molar-refractivity contribution in [3.63, 3.8) is 0 Å². The van der Waals surface area contributed by atoms with Crippen LogP contribution in [0.25, 0.3) is 11.3 Å². The number of amides is 3. The normalized spacial score (nSPS) is 16.7. The molecule has 3 aliphatic heterocycles. The number of para-hydroxylation sites is 1. The summed E-state index contributed by atoms with van der Waals surface area (Å²) in [6.45, 7) is 13.8. The Balaban J connectivity index is 1.32. The monoisotopic (exact) mass is 803 g/mol. The third kappa shape index (κ3) is 9.75. The highest BCUT2D eigenvalue weighted by Gasteiger charge is 2.35. The van der Waals surface area contributed by atoms with Gasteiger partial charge < -0.3 is 33.5 Å². The number of unbranched alkanes of at least 4 members (excludes halogenated alkanes) is 2. The Morgan fingerprint density at radius 1 is 0.814 bits per heavy atom. The molecule has 0 saturated carbocycles. The first-order chi connectivity index (χ1) is 28.8. The molecule has 0 spiro atoms. The number of hydrogen-bond donors (Lipinski definition) is 0. The molecular formula is C48H61N5O6. The first-order valence-electron chi connectivity index (χ1n) is 21.6. The molecule has 3 aliphatic rings. The van der Waals surface area contributed by atoms with Crippen molar-refractivity contribution in [2.24, 2.45) is 0 Å². The van der Waals surface area contributed by atoms with Crippen LogP contribution >= 0.6 is 0 Å². The van der Waals surface area contributed by atoms with E-state index in [1.165, 1.54) is 5.56 Å². The summed E-state index contributed by atoms with van der Waals surface area (Å²) in [5, 5.41) is 0. The summed E-state index contributed by atoms with van der Waals surface area (Å²) in [6, 6.07) is 23.7. The standard InChI is InChI=1S/C48H61N5O6/c1-5-7-19-50(20-8-6-2)46(54)42-31-45(52(35(42)3)24-25-57-4)43-29-37-18-21-51(48(56)59-41-16-10-9-11-17-41)32-39(37)30-44(43)47(55)53-33-38-15-13-12-14-36(38)28-40(53)34-49-22-26-58-27-23-49/h9-17,29-31,40H,5-8,18-28,32-34H2,1-4H3/t40-/m0/s1. The van der Waals surface area contributed by atoms with Crippen molar-refractivity contribution in [3.8, 4) is 17.0 Å². The number of carbonyl (C=O) groups is 3. The summed E-state index contributed by atoms with van der Waals surface area (Å²) in [6.07, 6.45) is 4.83. The summed E-state index contributed by atoms with van der Waals surface area (Å²) >= 11 is 0. The lowest BCUT2D eigenvalue weighted by molar-refractivity contribution is 0.0193. The maximum atomic E-state index is 15.6. The van der Waals surface area contributed by atoms with Crippen LogP contribution < -0.4 is 4.74 Å². The quantitative estimate of drug-likeness (QED) is 0.122. The number of aromatic nitrogens is 1. The second-order valence-electron chi connectivity index (χ2n) is 16.2. The topological polar surface area (TPSA) is 96.8 Å². The van der Waals surface area contributed by atoms with Gasteiger partial charge in [-0.05, 0) is 85.2 Å². The second kappa shape index (κ2) is 19.9. The minimum absolute atomic E-state index is 0.0263. The zero-order valence-electron chi connectivity index (χ0n) is 35.4. The Morgan fingerprint density at radius 2 is 1.53 bits per heavy atom. The van der Waals surface area contributed by atoms with Crippen LogP contribution in [0, 0.1) is 6.92 Å². The summed E-state index contributed by atoms with van der Waals surface area (Å²) < 4.78 is 19.2. The molecule has 0 radical (unpaired) electrons. The van der Waals surface area contributed by atoms with Gasteiger partial charge in [0.05, 0.1) is 25.4 Å². The Labute approximate surface area is 349 Å². The van der Waals surface area contributed by atoms with Crippen molar-refractivity contribution in [1.82, 2.24) is 24.2 Å². The fourth-order valence-corrected chi connectivity index (χ4v) is 8.77. The maximum absolute atomic E-state index is 15.6. The molecule has 1 saturated heterocycles. The van der Waals surface area contributed by atoms with E-state index in [1.54, 1.807) is 24.1 Å². The van der Waals surface area contributed by atoms with Gasteiger partial charge in [-0.1, -0.05) is 69.2 Å². The minimum atomic E-state index is -0.417. The SMILES string of the molecule is CCCCN(CCCC)C(=O)c1cc(-c2cc3c(cc2C(=O)N2Cc4ccccc4C[C@H]2CN2CCOCC2)CN(C(=O)Oc2ccccc2)CC3)n(CCOC)c1C. The first kappa shape index (κ1) is 42.2. The van der Waals surface area contributed by atoms with Gasteiger partial charge in [0.15, 0.2) is 0 Å². The molecule has 4 heterocycles. The lowest BCUT2D eigenvalue weighted by Gasteiger charge is -2.41. The van der Waals surface area contributed by atoms with Crippen LogP contribution in [0.5, 0.6) is 5.75 Å². The van der Waals surface area contributed by atoms with E-state index in [0.29, 0.717) is 82.4 Å². The number of nitrogens with zero attached hydrogens (tertiary/aromatic N) is 5. The number of rotatable bonds is 15. The Hall–Kier alpha value is -4.97. The molecule has 3 aromatic carbocycles. The van der Waals surface area contributed by atoms with Crippen molar-refractivity contribution < 1.29 is 28.6 Å². The Morgan fingerprint density at radius 3 is 2.24 bits per heavy atom. The van der Waals surface area contributed by atoms with Crippen molar-refractivity contribution in [2.45, 2.75) is 85.0 Å². The number of fused-ring (bicyclic) bond motifs is 2. The highest BCUT2D eigenvalue weighted by molar-refractivity contribution is 6.03. The number of methoxy groups -OCH3 is 1. The van der Waals surface area contributed by atoms with Gasteiger partial charge in [-0.25, -0.2) is 4.79 Å². The molecule has 3 amide bonds. The summed E-state index contributed by atoms with van der Waals surface area (Å²) in [7, 11) is 1.69. The molecule has 1 atom stereocenters. The van der Waals surface area contributed by atoms with Gasteiger partial charge in [0.2, 0.25) is 0 Å². The Kier molecular flexibility index (Phi) is 14.2. The van der Waals surface area contributed by atoms with Crippen LogP contribution in [0.4, 0.5) is 4.79 Å². The van der Waals surface area contributed by atoms with Crippen LogP contribution in [-0.2, 0) is 41.9 Å². The fourth-order valence-electron chi connectivity index (χ4n) is 8.77. The van der Waals surface area contributed by atoms with Gasteiger partial charge >= 0.3 is 6.09 Å². The van der Waals surface area contributed by atoms with Gasteiger partial charge in [0.25, 0.3) is 11.8 Å². The molecule has 4 aromatic rings. The largest absolute Gasteiger partial charge is 0.415 e. The van der Waals surface area contributed by atoms with E-state index in [2.05, 4.69) is 52.5 Å². The van der Waals surface area contributed by atoms with Crippen LogP contribution in [0.2, 0.25) is 0 Å². The fraction of sp³-hybridized carbons (Fsp3) is 0.479. The zero-order chi connectivity index (χ0) is 41.3. The predicted octanol–water partition coefficient (Wildman–Crippen LogP) is 7.61. The molecule has 1 fully saturated rings. The van der Waals surface area contributed by atoms with Crippen LogP contribution in [0.15, 0.2) is 72.8 Å². The van der Waals surface area contributed by atoms with E-state index in [1.807, 2.05) is 48.2 Å². The van der Waals surface area contributed by atoms with E-state index >= 15 is 4.79 Å². The smallest absolute Gasteiger partial charge is 0.410 e. The molecule has 11 nitrogen and oxygen atoms in total. The van der Waals surface area contributed by atoms with Gasteiger partial charge in [-0.3, -0.25) is 14.5 Å². The average molecular weight is 804 g/mol. The molecule has 7 rings (SSSR count). The Bertz CT molecular complexity index is 2070. The van der Waals surface area contributed by atoms with E-state index in [4.69, 9.17) is 14.2 Å². The molecule has 11 heteroatoms. The van der Waals surface area contributed by atoms with Crippen molar-refractivity contribution in [3.05, 3.63) is 112 Å². The molecule has 0 aliphatic carbocycles. The highest BCUT2D eigenvalue weighted by atomic mass is 16.6. The van der Waals surface area contributed by atoms with Gasteiger partial charge in [-0.2, -0.15) is 0 Å². The average Bonchev–Trinajstić information content (AvgIpc) is 3.59. The minimum Gasteiger partial charge on any atom is -0.410 e. The predicted molar refractivity (Wildman–Crippen MR) is 230 cm³/mol. The van der Waals surface area contributed by atoms with Crippen LogP contribution in [0.1, 0.15) is 88.2 Å². The molecule has 314 valence electrons. The lowest BCUT2D eigenvalue weighted by Crippen LogP contribution is -2.52. The van der Waals surface area contributed by atoms with Crippen LogP contribution in [-0.4, -0.2) is 114 Å². The van der Waals surface area contributed by atoms with Gasteiger partial charge in [0, 0.05) is 94.6 Å². The molecule has 1 aromatic heterocycles. The number of benzene rings is 3. The first-order valence-corrected chi connectivity index (χ1v) is 21.6. The molecule has 0 N–H and O–H groups in total. The third-order valence-electron chi connectivity index (χ3n) is 12.2. The molecule has 59 heavy (non-hydrogen) atoms. The van der Waals surface area contributed by atoms with E-state index in [0.717, 1.165) is 85.4 Å². The summed E-state index contributed by atoms with van der Waals surface area (Å²) in [4.78, 5) is 51.7. The van der Waals surface area contributed by atoms with Crippen molar-refractivity contribution >= 4 is 17.9 Å². The second-order valence-corrected chi connectivity index (χ2v) is 16.2. The zero-order valence-corrected chi connectivity index (χ0v) is 35.4. The van der Waals surface area contributed by atoms with Crippen LogP contribution in [0.3, 0.4) is 0 Å². The maximum Gasteiger partial charge on any atom is 0.415 e. The number of morpholine rings is 1. The van der Waals surface area contributed by atoms with Gasteiger partial charge in [-0.15, -0.1) is 0 Å². The summed E-state index contributed by atoms with van der Waals surface area (Å²) in [5.74, 6) is 0.460. The number of hydrogen-bond acceptors (Lipinski definition) is 7. The molecule has 0 bridgehead atoms. The van der Waals surface area contributed by atoms with E-state index in [9.17, 15) is 9.59 Å². The van der Waals surface area contributed by atoms with Crippen molar-refractivity contribution in [1.29, 1.82) is 0 Å². The lowest BCUT2D eigenvalue weighted by atomic mass is 9.89.